The number of benzene rings is 2. The Bertz CT molecular complexity index is 1650. The van der Waals surface area contributed by atoms with Crippen LogP contribution in [0.5, 0.6) is 5.75 Å². The van der Waals surface area contributed by atoms with Crippen molar-refractivity contribution in [1.29, 1.82) is 0 Å². The summed E-state index contributed by atoms with van der Waals surface area (Å²) in [6, 6.07) is 19.1. The van der Waals surface area contributed by atoms with Crippen LogP contribution >= 0.6 is 0 Å². The van der Waals surface area contributed by atoms with Crippen LogP contribution in [0.4, 0.5) is 17.1 Å². The summed E-state index contributed by atoms with van der Waals surface area (Å²) in [7, 11) is 1.70. The Hall–Kier alpha value is -4.66. The fourth-order valence-corrected chi connectivity index (χ4v) is 5.48. The van der Waals surface area contributed by atoms with E-state index < -0.39 is 5.41 Å². The van der Waals surface area contributed by atoms with Gasteiger partial charge in [0.15, 0.2) is 0 Å². The predicted octanol–water partition coefficient (Wildman–Crippen LogP) is 4.73. The minimum atomic E-state index is -1.15. The van der Waals surface area contributed by atoms with Crippen LogP contribution < -0.4 is 25.0 Å². The number of anilines is 3. The van der Waals surface area contributed by atoms with Crippen LogP contribution in [0.3, 0.4) is 0 Å². The Balaban J connectivity index is 1.26. The molecule has 0 unspecified atom stereocenters. The zero-order valence-electron chi connectivity index (χ0n) is 24.6. The lowest BCUT2D eigenvalue weighted by molar-refractivity contribution is -0.137. The van der Waals surface area contributed by atoms with Crippen molar-refractivity contribution in [2.75, 3.05) is 48.0 Å². The van der Waals surface area contributed by atoms with Crippen LogP contribution in [0, 0.1) is 5.41 Å². The first-order valence-corrected chi connectivity index (χ1v) is 14.3. The van der Waals surface area contributed by atoms with Crippen LogP contribution in [0.1, 0.15) is 27.2 Å². The molecule has 2 aromatic heterocycles. The van der Waals surface area contributed by atoms with E-state index in [-0.39, 0.29) is 17.4 Å². The first-order valence-electron chi connectivity index (χ1n) is 14.3. The Labute approximate surface area is 245 Å². The van der Waals surface area contributed by atoms with Crippen molar-refractivity contribution in [1.82, 2.24) is 9.55 Å². The highest BCUT2D eigenvalue weighted by atomic mass is 16.5. The van der Waals surface area contributed by atoms with Crippen molar-refractivity contribution in [2.24, 2.45) is 5.41 Å². The monoisotopic (exact) mass is 567 g/mol. The molecule has 0 radical (unpaired) electrons. The van der Waals surface area contributed by atoms with Gasteiger partial charge in [0.2, 0.25) is 11.8 Å². The number of amides is 2. The molecule has 218 valence electrons. The van der Waals surface area contributed by atoms with Gasteiger partial charge in [-0.2, -0.15) is 0 Å². The van der Waals surface area contributed by atoms with Gasteiger partial charge >= 0.3 is 0 Å². The lowest BCUT2D eigenvalue weighted by Crippen LogP contribution is -2.47. The van der Waals surface area contributed by atoms with Crippen LogP contribution in [0.25, 0.3) is 10.8 Å². The quantitative estimate of drug-likeness (QED) is 0.203. The first-order chi connectivity index (χ1) is 20.2. The standard InChI is InChI=1S/C33H37N5O4/c1-5-38-28-12-11-26(23-29(28)35(4)31(40)33(2,3)32(38)41)42-22-8-18-36(25-13-16-34-17-14-25)20-21-37-19-15-24-9-6-7-10-27(24)30(37)39/h6-7,9-17,19,23H,5,8,18,20-22H2,1-4H3. The molecule has 3 heterocycles. The van der Waals surface area contributed by atoms with Gasteiger partial charge in [0, 0.05) is 69.0 Å². The van der Waals surface area contributed by atoms with Gasteiger partial charge in [0.05, 0.1) is 18.0 Å². The maximum atomic E-state index is 13.1. The molecule has 0 N–H and O–H groups in total. The molecule has 0 aliphatic carbocycles. The number of ether oxygens (including phenoxy) is 1. The summed E-state index contributed by atoms with van der Waals surface area (Å²) in [5, 5.41) is 1.65. The normalized spacial score (nSPS) is 14.6. The molecule has 2 amide bonds. The molecule has 0 saturated heterocycles. The number of rotatable bonds is 10. The van der Waals surface area contributed by atoms with Crippen molar-refractivity contribution in [3.8, 4) is 5.75 Å². The van der Waals surface area contributed by atoms with Gasteiger partial charge < -0.3 is 24.0 Å². The van der Waals surface area contributed by atoms with Gasteiger partial charge in [0.1, 0.15) is 11.2 Å². The van der Waals surface area contributed by atoms with E-state index in [9.17, 15) is 14.4 Å². The van der Waals surface area contributed by atoms with Gasteiger partial charge in [0.25, 0.3) is 5.56 Å². The van der Waals surface area contributed by atoms with E-state index in [0.29, 0.717) is 55.3 Å². The summed E-state index contributed by atoms with van der Waals surface area (Å²) < 4.78 is 7.88. The first kappa shape index (κ1) is 28.9. The Kier molecular flexibility index (Phi) is 8.29. The van der Waals surface area contributed by atoms with E-state index in [2.05, 4.69) is 9.88 Å². The molecule has 0 bridgehead atoms. The third kappa shape index (κ3) is 5.59. The fraction of sp³-hybridized carbons (Fsp3) is 0.333. The molecule has 0 spiro atoms. The predicted molar refractivity (Wildman–Crippen MR) is 166 cm³/mol. The smallest absolute Gasteiger partial charge is 0.258 e. The molecule has 5 rings (SSSR count). The highest BCUT2D eigenvalue weighted by Gasteiger charge is 2.45. The Morgan fingerprint density at radius 1 is 0.905 bits per heavy atom. The minimum absolute atomic E-state index is 0.00416. The maximum Gasteiger partial charge on any atom is 0.258 e. The molecular weight excluding hydrogens is 530 g/mol. The van der Waals surface area contributed by atoms with E-state index in [4.69, 9.17) is 4.74 Å². The number of hydrogen-bond acceptors (Lipinski definition) is 6. The number of pyridine rings is 2. The zero-order chi connectivity index (χ0) is 29.9. The third-order valence-electron chi connectivity index (χ3n) is 7.90. The highest BCUT2D eigenvalue weighted by molar-refractivity contribution is 6.20. The summed E-state index contributed by atoms with van der Waals surface area (Å²) in [4.78, 5) is 48.9. The van der Waals surface area contributed by atoms with E-state index in [1.807, 2.05) is 73.8 Å². The summed E-state index contributed by atoms with van der Waals surface area (Å²) in [5.74, 6) is 0.173. The minimum Gasteiger partial charge on any atom is -0.493 e. The van der Waals surface area contributed by atoms with Crippen LogP contribution in [0.2, 0.25) is 0 Å². The van der Waals surface area contributed by atoms with Gasteiger partial charge in [-0.3, -0.25) is 19.4 Å². The average Bonchev–Trinajstić information content (AvgIpc) is 3.06. The van der Waals surface area contributed by atoms with Gasteiger partial charge in [-0.25, -0.2) is 0 Å². The van der Waals surface area contributed by atoms with Gasteiger partial charge in [-0.05, 0) is 69.0 Å². The molecule has 0 atom stereocenters. The molecule has 1 aliphatic heterocycles. The third-order valence-corrected chi connectivity index (χ3v) is 7.90. The Morgan fingerprint density at radius 3 is 2.43 bits per heavy atom. The lowest BCUT2D eigenvalue weighted by atomic mass is 9.90. The molecule has 4 aromatic rings. The van der Waals surface area contributed by atoms with E-state index in [1.54, 1.807) is 47.7 Å². The van der Waals surface area contributed by atoms with E-state index in [1.165, 1.54) is 0 Å². The summed E-state index contributed by atoms with van der Waals surface area (Å²) in [5.41, 5.74) is 1.22. The number of nitrogens with zero attached hydrogens (tertiary/aromatic N) is 5. The van der Waals surface area contributed by atoms with Crippen molar-refractivity contribution < 1.29 is 14.3 Å². The molecule has 42 heavy (non-hydrogen) atoms. The van der Waals surface area contributed by atoms with Crippen LogP contribution in [0.15, 0.2) is 84.0 Å². The zero-order valence-corrected chi connectivity index (χ0v) is 24.6. The number of carbonyl (C=O) groups excluding carboxylic acids is 2. The molecule has 1 aliphatic rings. The van der Waals surface area contributed by atoms with Crippen molar-refractivity contribution in [2.45, 2.75) is 33.7 Å². The average molecular weight is 568 g/mol. The van der Waals surface area contributed by atoms with Crippen molar-refractivity contribution in [3.05, 3.63) is 89.6 Å². The van der Waals surface area contributed by atoms with Crippen LogP contribution in [-0.4, -0.2) is 54.7 Å². The van der Waals surface area contributed by atoms with Crippen molar-refractivity contribution in [3.63, 3.8) is 0 Å². The number of carbonyl (C=O) groups is 2. The molecular formula is C33H37N5O4. The van der Waals surface area contributed by atoms with E-state index in [0.717, 1.165) is 17.5 Å². The summed E-state index contributed by atoms with van der Waals surface area (Å²) in [6.07, 6.45) is 6.11. The number of hydrogen-bond donors (Lipinski definition) is 0. The van der Waals surface area contributed by atoms with Gasteiger partial charge in [-0.15, -0.1) is 0 Å². The lowest BCUT2D eigenvalue weighted by Gasteiger charge is -2.27. The van der Waals surface area contributed by atoms with Crippen molar-refractivity contribution >= 4 is 39.6 Å². The maximum absolute atomic E-state index is 13.1. The number of fused-ring (bicyclic) bond motifs is 2. The molecule has 2 aromatic carbocycles. The second kappa shape index (κ2) is 12.1. The van der Waals surface area contributed by atoms with Gasteiger partial charge in [-0.1, -0.05) is 18.2 Å². The van der Waals surface area contributed by atoms with Crippen LogP contribution in [-0.2, 0) is 16.1 Å². The second-order valence-electron chi connectivity index (χ2n) is 11.0. The van der Waals surface area contributed by atoms with E-state index >= 15 is 0 Å². The molecule has 9 nitrogen and oxygen atoms in total. The molecule has 9 heteroatoms. The highest BCUT2D eigenvalue weighted by Crippen LogP contribution is 2.40. The fourth-order valence-electron chi connectivity index (χ4n) is 5.48. The second-order valence-corrected chi connectivity index (χ2v) is 11.0. The Morgan fingerprint density at radius 2 is 1.67 bits per heavy atom. The molecule has 0 fully saturated rings. The number of aromatic nitrogens is 2. The molecule has 0 saturated carbocycles. The summed E-state index contributed by atoms with van der Waals surface area (Å²) in [6.45, 7) is 8.06. The SMILES string of the molecule is CCN1C(=O)C(C)(C)C(=O)N(C)c2cc(OCCCN(CCn3ccc4ccccc4c3=O)c3ccncc3)ccc21. The summed E-state index contributed by atoms with van der Waals surface area (Å²) >= 11 is 0. The largest absolute Gasteiger partial charge is 0.493 e. The topological polar surface area (TPSA) is 88.0 Å².